The lowest BCUT2D eigenvalue weighted by molar-refractivity contribution is -0.117. The third-order valence-corrected chi connectivity index (χ3v) is 5.47. The van der Waals surface area contributed by atoms with Crippen molar-refractivity contribution in [2.75, 3.05) is 31.1 Å². The highest BCUT2D eigenvalue weighted by molar-refractivity contribution is 5.95. The fourth-order valence-electron chi connectivity index (χ4n) is 4.09. The van der Waals surface area contributed by atoms with Crippen LogP contribution >= 0.6 is 0 Å². The predicted molar refractivity (Wildman–Crippen MR) is 102 cm³/mol. The molecule has 1 aromatic carbocycles. The van der Waals surface area contributed by atoms with Gasteiger partial charge in [-0.15, -0.1) is 0 Å². The highest BCUT2D eigenvalue weighted by Gasteiger charge is 2.29. The number of nitrogens with zero attached hydrogens (tertiary/aromatic N) is 1. The Morgan fingerprint density at radius 3 is 2.76 bits per heavy atom. The molecule has 3 rings (SSSR count). The zero-order valence-corrected chi connectivity index (χ0v) is 15.5. The standard InChI is InChI=1S/C21H32N2O2/c1-2-5-18-14-21(24)23(16-18)19-8-10-20(11-9-19)25-13-4-7-17-6-3-12-22-15-17/h8-11,17-18,22H,2-7,12-16H2,1H3. The van der Waals surface area contributed by atoms with Crippen LogP contribution in [0.4, 0.5) is 5.69 Å². The van der Waals surface area contributed by atoms with Crippen molar-refractivity contribution in [2.24, 2.45) is 11.8 Å². The maximum absolute atomic E-state index is 12.2. The van der Waals surface area contributed by atoms with Gasteiger partial charge in [-0.25, -0.2) is 0 Å². The van der Waals surface area contributed by atoms with Gasteiger partial charge in [-0.3, -0.25) is 4.79 Å². The van der Waals surface area contributed by atoms with Gasteiger partial charge in [-0.2, -0.15) is 0 Å². The lowest BCUT2D eigenvalue weighted by atomic mass is 9.95. The Kier molecular flexibility index (Phi) is 6.74. The number of hydrogen-bond donors (Lipinski definition) is 1. The number of hydrogen-bond acceptors (Lipinski definition) is 3. The van der Waals surface area contributed by atoms with Crippen molar-refractivity contribution in [1.29, 1.82) is 0 Å². The molecule has 2 aliphatic heterocycles. The number of ether oxygens (including phenoxy) is 1. The van der Waals surface area contributed by atoms with Crippen molar-refractivity contribution in [1.82, 2.24) is 5.32 Å². The van der Waals surface area contributed by atoms with E-state index < -0.39 is 0 Å². The lowest BCUT2D eigenvalue weighted by Gasteiger charge is -2.22. The molecule has 0 saturated carbocycles. The molecule has 1 amide bonds. The summed E-state index contributed by atoms with van der Waals surface area (Å²) >= 11 is 0. The molecule has 1 aromatic rings. The second kappa shape index (κ2) is 9.23. The van der Waals surface area contributed by atoms with Crippen LogP contribution in [-0.2, 0) is 4.79 Å². The second-order valence-corrected chi connectivity index (χ2v) is 7.56. The minimum Gasteiger partial charge on any atom is -0.494 e. The monoisotopic (exact) mass is 344 g/mol. The van der Waals surface area contributed by atoms with Gasteiger partial charge >= 0.3 is 0 Å². The molecular weight excluding hydrogens is 312 g/mol. The van der Waals surface area contributed by atoms with E-state index in [1.165, 1.54) is 25.8 Å². The molecule has 4 nitrogen and oxygen atoms in total. The molecule has 0 bridgehead atoms. The summed E-state index contributed by atoms with van der Waals surface area (Å²) in [6, 6.07) is 8.04. The molecule has 2 unspecified atom stereocenters. The molecule has 0 spiro atoms. The zero-order valence-electron chi connectivity index (χ0n) is 15.5. The van der Waals surface area contributed by atoms with E-state index in [0.29, 0.717) is 12.3 Å². The first-order chi connectivity index (χ1) is 12.3. The Bertz CT molecular complexity index is 537. The van der Waals surface area contributed by atoms with Crippen molar-refractivity contribution >= 4 is 11.6 Å². The molecule has 138 valence electrons. The summed E-state index contributed by atoms with van der Waals surface area (Å²) in [5, 5.41) is 3.47. The first-order valence-electron chi connectivity index (χ1n) is 10.00. The van der Waals surface area contributed by atoms with E-state index in [1.807, 2.05) is 29.2 Å². The Labute approximate surface area is 151 Å². The van der Waals surface area contributed by atoms with Crippen molar-refractivity contribution in [3.63, 3.8) is 0 Å². The van der Waals surface area contributed by atoms with Gasteiger partial charge in [0.25, 0.3) is 0 Å². The van der Waals surface area contributed by atoms with Gasteiger partial charge in [0.1, 0.15) is 5.75 Å². The number of carbonyl (C=O) groups is 1. The summed E-state index contributed by atoms with van der Waals surface area (Å²) in [4.78, 5) is 14.1. The van der Waals surface area contributed by atoms with E-state index in [9.17, 15) is 4.79 Å². The van der Waals surface area contributed by atoms with Gasteiger partial charge in [0.05, 0.1) is 6.61 Å². The first-order valence-corrected chi connectivity index (χ1v) is 10.00. The Morgan fingerprint density at radius 1 is 1.20 bits per heavy atom. The van der Waals surface area contributed by atoms with Gasteiger partial charge in [0.2, 0.25) is 5.91 Å². The maximum atomic E-state index is 12.2. The summed E-state index contributed by atoms with van der Waals surface area (Å²) < 4.78 is 5.88. The maximum Gasteiger partial charge on any atom is 0.227 e. The SMILES string of the molecule is CCCC1CC(=O)N(c2ccc(OCCCC3CCCNC3)cc2)C1. The Balaban J connectivity index is 1.42. The van der Waals surface area contributed by atoms with E-state index in [1.54, 1.807) is 0 Å². The number of anilines is 1. The van der Waals surface area contributed by atoms with Crippen LogP contribution in [0.2, 0.25) is 0 Å². The Morgan fingerprint density at radius 2 is 2.04 bits per heavy atom. The number of benzene rings is 1. The Hall–Kier alpha value is -1.55. The van der Waals surface area contributed by atoms with Crippen LogP contribution in [0.5, 0.6) is 5.75 Å². The summed E-state index contributed by atoms with van der Waals surface area (Å²) in [5.74, 6) is 2.50. The summed E-state index contributed by atoms with van der Waals surface area (Å²) in [7, 11) is 0. The van der Waals surface area contributed by atoms with E-state index in [4.69, 9.17) is 4.74 Å². The molecule has 2 saturated heterocycles. The highest BCUT2D eigenvalue weighted by Crippen LogP contribution is 2.29. The van der Waals surface area contributed by atoms with Crippen LogP contribution in [0.25, 0.3) is 0 Å². The van der Waals surface area contributed by atoms with Crippen LogP contribution in [0.15, 0.2) is 24.3 Å². The van der Waals surface area contributed by atoms with Crippen molar-refractivity contribution < 1.29 is 9.53 Å². The molecule has 4 heteroatoms. The quantitative estimate of drug-likeness (QED) is 0.725. The fourth-order valence-corrected chi connectivity index (χ4v) is 4.09. The third-order valence-electron chi connectivity index (χ3n) is 5.47. The molecule has 25 heavy (non-hydrogen) atoms. The van der Waals surface area contributed by atoms with Crippen LogP contribution in [0.3, 0.4) is 0 Å². The van der Waals surface area contributed by atoms with E-state index >= 15 is 0 Å². The predicted octanol–water partition coefficient (Wildman–Crippen LogP) is 4.00. The summed E-state index contributed by atoms with van der Waals surface area (Å²) in [6.07, 6.45) is 7.99. The van der Waals surface area contributed by atoms with Gasteiger partial charge in [0.15, 0.2) is 0 Å². The van der Waals surface area contributed by atoms with Crippen LogP contribution in [0.1, 0.15) is 51.9 Å². The lowest BCUT2D eigenvalue weighted by Crippen LogP contribution is -2.29. The van der Waals surface area contributed by atoms with Crippen LogP contribution in [0, 0.1) is 11.8 Å². The van der Waals surface area contributed by atoms with E-state index in [2.05, 4.69) is 12.2 Å². The van der Waals surface area contributed by atoms with Crippen LogP contribution in [-0.4, -0.2) is 32.1 Å². The average molecular weight is 344 g/mol. The summed E-state index contributed by atoms with van der Waals surface area (Å²) in [5.41, 5.74) is 1.00. The van der Waals surface area contributed by atoms with Gasteiger partial charge in [-0.1, -0.05) is 13.3 Å². The number of piperidine rings is 1. The van der Waals surface area contributed by atoms with E-state index in [0.717, 1.165) is 56.3 Å². The molecule has 2 aliphatic rings. The summed E-state index contributed by atoms with van der Waals surface area (Å²) in [6.45, 7) is 6.17. The molecule has 2 atom stereocenters. The number of rotatable bonds is 8. The molecular formula is C21H32N2O2. The van der Waals surface area contributed by atoms with Crippen molar-refractivity contribution in [3.8, 4) is 5.75 Å². The number of carbonyl (C=O) groups excluding carboxylic acids is 1. The molecule has 0 aromatic heterocycles. The minimum absolute atomic E-state index is 0.258. The largest absolute Gasteiger partial charge is 0.494 e. The van der Waals surface area contributed by atoms with Gasteiger partial charge in [0, 0.05) is 18.7 Å². The van der Waals surface area contributed by atoms with E-state index in [-0.39, 0.29) is 5.91 Å². The second-order valence-electron chi connectivity index (χ2n) is 7.56. The fraction of sp³-hybridized carbons (Fsp3) is 0.667. The smallest absolute Gasteiger partial charge is 0.227 e. The molecule has 2 fully saturated rings. The van der Waals surface area contributed by atoms with Gasteiger partial charge in [-0.05, 0) is 81.3 Å². The van der Waals surface area contributed by atoms with Crippen molar-refractivity contribution in [3.05, 3.63) is 24.3 Å². The number of amides is 1. The van der Waals surface area contributed by atoms with Crippen LogP contribution < -0.4 is 15.0 Å². The normalized spacial score (nSPS) is 23.9. The first kappa shape index (κ1) is 18.2. The average Bonchev–Trinajstić information content (AvgIpc) is 3.01. The molecule has 0 radical (unpaired) electrons. The number of nitrogens with one attached hydrogen (secondary N) is 1. The third kappa shape index (κ3) is 5.21. The molecule has 1 N–H and O–H groups in total. The highest BCUT2D eigenvalue weighted by atomic mass is 16.5. The molecule has 0 aliphatic carbocycles. The minimum atomic E-state index is 0.258. The molecule has 2 heterocycles. The van der Waals surface area contributed by atoms with Crippen molar-refractivity contribution in [2.45, 2.75) is 51.9 Å². The zero-order chi connectivity index (χ0) is 17.5. The van der Waals surface area contributed by atoms with Gasteiger partial charge < -0.3 is 15.0 Å². The topological polar surface area (TPSA) is 41.6 Å².